The summed E-state index contributed by atoms with van der Waals surface area (Å²) in [6.07, 6.45) is 7.53. The van der Waals surface area contributed by atoms with E-state index in [1.54, 1.807) is 13.1 Å². The minimum absolute atomic E-state index is 0.227. The summed E-state index contributed by atoms with van der Waals surface area (Å²) in [5.41, 5.74) is 4.27. The molecule has 4 aromatic rings. The van der Waals surface area contributed by atoms with Crippen LogP contribution in [0.2, 0.25) is 0 Å². The Morgan fingerprint density at radius 2 is 1.37 bits per heavy atom. The smallest absolute Gasteiger partial charge is 0.306 e. The molecule has 0 saturated heterocycles. The summed E-state index contributed by atoms with van der Waals surface area (Å²) in [6.45, 7) is 5.10. The molecule has 0 fully saturated rings. The van der Waals surface area contributed by atoms with Gasteiger partial charge in [-0.1, -0.05) is 49.1 Å². The molecule has 0 saturated carbocycles. The van der Waals surface area contributed by atoms with Gasteiger partial charge in [0.05, 0.1) is 11.1 Å². The largest absolute Gasteiger partial charge is 0.458 e. The van der Waals surface area contributed by atoms with Gasteiger partial charge in [0.25, 0.3) is 11.8 Å². The number of amides is 2. The van der Waals surface area contributed by atoms with Crippen LogP contribution in [0.25, 0.3) is 33.0 Å². The second-order valence-corrected chi connectivity index (χ2v) is 9.94. The Labute approximate surface area is 220 Å². The number of aromatic nitrogens is 2. The zero-order valence-corrected chi connectivity index (χ0v) is 21.4. The lowest BCUT2D eigenvalue weighted by Gasteiger charge is -2.15. The molecule has 4 heterocycles. The third kappa shape index (κ3) is 3.86. The Hall–Kier alpha value is -4.39. The van der Waals surface area contributed by atoms with Crippen molar-refractivity contribution in [2.75, 3.05) is 7.05 Å². The Morgan fingerprint density at radius 3 is 1.95 bits per heavy atom. The number of para-hydroxylation sites is 2. The first-order valence-corrected chi connectivity index (χ1v) is 13.0. The maximum Gasteiger partial charge on any atom is 0.306 e. The minimum atomic E-state index is -0.408. The second-order valence-electron chi connectivity index (χ2n) is 9.94. The van der Waals surface area contributed by atoms with Crippen molar-refractivity contribution in [3.05, 3.63) is 84.7 Å². The van der Waals surface area contributed by atoms with Crippen molar-refractivity contribution in [3.63, 3.8) is 0 Å². The zero-order chi connectivity index (χ0) is 26.4. The van der Waals surface area contributed by atoms with Crippen LogP contribution < -0.4 is 0 Å². The van der Waals surface area contributed by atoms with E-state index < -0.39 is 6.10 Å². The number of likely N-dealkylation sites (N-methyl/N-ethyl adjacent to an activating group) is 1. The van der Waals surface area contributed by atoms with Crippen LogP contribution >= 0.6 is 0 Å². The van der Waals surface area contributed by atoms with Crippen molar-refractivity contribution in [1.29, 1.82) is 0 Å². The molecule has 0 aliphatic carbocycles. The van der Waals surface area contributed by atoms with E-state index in [4.69, 9.17) is 4.74 Å². The third-order valence-electron chi connectivity index (χ3n) is 7.63. The third-order valence-corrected chi connectivity index (χ3v) is 7.63. The Bertz CT molecular complexity index is 1650. The van der Waals surface area contributed by atoms with Gasteiger partial charge < -0.3 is 13.9 Å². The normalized spacial score (nSPS) is 19.1. The van der Waals surface area contributed by atoms with Gasteiger partial charge in [0.2, 0.25) is 0 Å². The molecular formula is C31H29N3O4. The molecule has 2 aliphatic rings. The number of rotatable bonds is 1. The monoisotopic (exact) mass is 507 g/mol. The number of hydrogen-bond acceptors (Lipinski definition) is 4. The van der Waals surface area contributed by atoms with Crippen molar-refractivity contribution in [2.45, 2.75) is 44.9 Å². The number of benzene rings is 2. The first-order chi connectivity index (χ1) is 18.5. The van der Waals surface area contributed by atoms with Gasteiger partial charge in [-0.15, -0.1) is 0 Å². The van der Waals surface area contributed by atoms with Gasteiger partial charge in [-0.05, 0) is 25.0 Å². The van der Waals surface area contributed by atoms with Crippen LogP contribution in [-0.2, 0) is 32.2 Å². The van der Waals surface area contributed by atoms with E-state index >= 15 is 0 Å². The van der Waals surface area contributed by atoms with E-state index in [-0.39, 0.29) is 17.8 Å². The average molecular weight is 508 g/mol. The lowest BCUT2D eigenvalue weighted by Crippen LogP contribution is -2.26. The van der Waals surface area contributed by atoms with Gasteiger partial charge in [0.15, 0.2) is 0 Å². The molecule has 2 amide bonds. The first-order valence-electron chi connectivity index (χ1n) is 13.0. The molecular weight excluding hydrogens is 478 g/mol. The topological polar surface area (TPSA) is 73.5 Å². The lowest BCUT2D eigenvalue weighted by molar-refractivity contribution is -0.147. The Morgan fingerprint density at radius 1 is 0.816 bits per heavy atom. The van der Waals surface area contributed by atoms with Crippen molar-refractivity contribution < 1.29 is 19.1 Å². The van der Waals surface area contributed by atoms with Crippen LogP contribution in [0.4, 0.5) is 0 Å². The van der Waals surface area contributed by atoms with E-state index in [2.05, 4.69) is 15.7 Å². The Kier molecular flexibility index (Phi) is 5.98. The minimum Gasteiger partial charge on any atom is -0.458 e. The van der Waals surface area contributed by atoms with E-state index in [0.717, 1.165) is 39.4 Å². The SMILES string of the molecule is C=CC1CCn2cc(c3ccccc32)C2=C(C(=O)N(C)C2=O)c2cn(c3ccccc23)CCCCC(=O)O1. The first kappa shape index (κ1) is 24.0. The highest BCUT2D eigenvalue weighted by atomic mass is 16.5. The highest BCUT2D eigenvalue weighted by Crippen LogP contribution is 2.41. The van der Waals surface area contributed by atoms with Gasteiger partial charge >= 0.3 is 5.97 Å². The number of aryl methyl sites for hydroxylation is 2. The van der Waals surface area contributed by atoms with Crippen LogP contribution in [-0.4, -0.2) is 45.0 Å². The molecule has 1 atom stereocenters. The van der Waals surface area contributed by atoms with Gasteiger partial charge in [0, 0.05) is 78.3 Å². The molecule has 0 N–H and O–H groups in total. The molecule has 0 spiro atoms. The molecule has 4 bridgehead atoms. The van der Waals surface area contributed by atoms with Crippen molar-refractivity contribution in [3.8, 4) is 0 Å². The number of fused-ring (bicyclic) bond motifs is 12. The standard InChI is InChI=1S/C31H29N3O4/c1-3-20-15-17-34-19-24(22-11-5-7-13-26(22)34)29-28(30(36)32(2)31(29)37)23-18-33(16-9-8-14-27(35)38-20)25-12-6-4-10-21(23)25/h3-7,10-13,18-20H,1,8-9,14-17H2,2H3. The number of esters is 1. The number of carbonyl (C=O) groups is 3. The van der Waals surface area contributed by atoms with Crippen LogP contribution in [0.5, 0.6) is 0 Å². The maximum atomic E-state index is 13.6. The summed E-state index contributed by atoms with van der Waals surface area (Å²) < 4.78 is 9.89. The Balaban J connectivity index is 1.61. The molecule has 7 nitrogen and oxygen atoms in total. The molecule has 1 unspecified atom stereocenters. The predicted octanol–water partition coefficient (Wildman–Crippen LogP) is 5.18. The van der Waals surface area contributed by atoms with Crippen LogP contribution in [0, 0.1) is 0 Å². The molecule has 2 aromatic carbocycles. The molecule has 192 valence electrons. The van der Waals surface area contributed by atoms with Crippen LogP contribution in [0.3, 0.4) is 0 Å². The number of ether oxygens (including phenoxy) is 1. The van der Waals surface area contributed by atoms with Crippen LogP contribution in [0.15, 0.2) is 73.6 Å². The molecule has 2 aliphatic heterocycles. The number of imide groups is 1. The molecule has 7 heteroatoms. The molecule has 6 rings (SSSR count). The predicted molar refractivity (Wildman–Crippen MR) is 147 cm³/mol. The maximum absolute atomic E-state index is 13.6. The van der Waals surface area contributed by atoms with Gasteiger partial charge in [-0.2, -0.15) is 0 Å². The summed E-state index contributed by atoms with van der Waals surface area (Å²) in [6, 6.07) is 15.8. The van der Waals surface area contributed by atoms with Crippen LogP contribution in [0.1, 0.15) is 36.8 Å². The number of nitrogens with zero attached hydrogens (tertiary/aromatic N) is 3. The number of cyclic esters (lactones) is 1. The van der Waals surface area contributed by atoms with E-state index in [1.807, 2.05) is 60.9 Å². The van der Waals surface area contributed by atoms with Gasteiger partial charge in [-0.25, -0.2) is 0 Å². The molecule has 0 radical (unpaired) electrons. The lowest BCUT2D eigenvalue weighted by atomic mass is 9.95. The summed E-state index contributed by atoms with van der Waals surface area (Å²) in [5.74, 6) is -0.830. The fourth-order valence-electron chi connectivity index (χ4n) is 5.67. The highest BCUT2D eigenvalue weighted by Gasteiger charge is 2.39. The number of carbonyl (C=O) groups excluding carboxylic acids is 3. The molecule has 38 heavy (non-hydrogen) atoms. The van der Waals surface area contributed by atoms with Gasteiger partial charge in [-0.3, -0.25) is 19.3 Å². The van der Waals surface area contributed by atoms with Gasteiger partial charge in [0.1, 0.15) is 6.10 Å². The van der Waals surface area contributed by atoms with E-state index in [0.29, 0.717) is 43.5 Å². The number of hydrogen-bond donors (Lipinski definition) is 0. The highest BCUT2D eigenvalue weighted by molar-refractivity contribution is 6.50. The summed E-state index contributed by atoms with van der Waals surface area (Å²) in [4.78, 5) is 41.0. The summed E-state index contributed by atoms with van der Waals surface area (Å²) >= 11 is 0. The summed E-state index contributed by atoms with van der Waals surface area (Å²) in [7, 11) is 1.55. The summed E-state index contributed by atoms with van der Waals surface area (Å²) in [5, 5.41) is 1.82. The average Bonchev–Trinajstić information content (AvgIpc) is 3.55. The fourth-order valence-corrected chi connectivity index (χ4v) is 5.67. The fraction of sp³-hybridized carbons (Fsp3) is 0.258. The quantitative estimate of drug-likeness (QED) is 0.202. The van der Waals surface area contributed by atoms with E-state index in [1.165, 1.54) is 4.90 Å². The zero-order valence-electron chi connectivity index (χ0n) is 21.4. The van der Waals surface area contributed by atoms with E-state index in [9.17, 15) is 14.4 Å². The van der Waals surface area contributed by atoms with Crippen molar-refractivity contribution in [1.82, 2.24) is 14.0 Å². The second kappa shape index (κ2) is 9.49. The van der Waals surface area contributed by atoms with Crippen molar-refractivity contribution >= 4 is 50.7 Å². The molecule has 2 aromatic heterocycles. The van der Waals surface area contributed by atoms with Crippen molar-refractivity contribution in [2.24, 2.45) is 0 Å².